The lowest BCUT2D eigenvalue weighted by atomic mass is 9.83. The van der Waals surface area contributed by atoms with E-state index in [1.54, 1.807) is 0 Å². The lowest BCUT2D eigenvalue weighted by Gasteiger charge is -2.34. The van der Waals surface area contributed by atoms with Crippen molar-refractivity contribution in [2.45, 2.75) is 54.4 Å². The van der Waals surface area contributed by atoms with Gasteiger partial charge in [0.25, 0.3) is 0 Å². The highest BCUT2D eigenvalue weighted by atomic mass is 79.9. The predicted molar refractivity (Wildman–Crippen MR) is 126 cm³/mol. The first-order chi connectivity index (χ1) is 14.1. The highest BCUT2D eigenvalue weighted by molar-refractivity contribution is 9.10. The van der Waals surface area contributed by atoms with Crippen LogP contribution in [0.15, 0.2) is 39.5 Å². The molecule has 158 valence electrons. The third-order valence-corrected chi connectivity index (χ3v) is 7.52. The van der Waals surface area contributed by atoms with Gasteiger partial charge in [0, 0.05) is 38.8 Å². The zero-order valence-corrected chi connectivity index (χ0v) is 20.5. The van der Waals surface area contributed by atoms with Gasteiger partial charge in [-0.3, -0.25) is 0 Å². The van der Waals surface area contributed by atoms with Gasteiger partial charge in [0.1, 0.15) is 5.71 Å². The van der Waals surface area contributed by atoms with Gasteiger partial charge in [-0.05, 0) is 68.6 Å². The van der Waals surface area contributed by atoms with Crippen molar-refractivity contribution in [3.63, 3.8) is 0 Å². The molecule has 1 aromatic heterocycles. The topological polar surface area (TPSA) is 7.94 Å². The first-order valence-electron chi connectivity index (χ1n) is 10.3. The molecule has 0 saturated carbocycles. The van der Waals surface area contributed by atoms with E-state index in [-0.39, 0.29) is 0 Å². The molecule has 0 bridgehead atoms. The van der Waals surface area contributed by atoms with Crippen LogP contribution in [0.2, 0.25) is 5.02 Å². The maximum Gasteiger partial charge on any atom is 0.737 e. The molecule has 0 atom stereocenters. The summed E-state index contributed by atoms with van der Waals surface area (Å²) in [5, 5.41) is 0.552. The molecule has 2 aliphatic heterocycles. The lowest BCUT2D eigenvalue weighted by molar-refractivity contribution is -0.363. The second-order valence-corrected chi connectivity index (χ2v) is 9.43. The second-order valence-electron chi connectivity index (χ2n) is 8.11. The second kappa shape index (κ2) is 7.20. The molecule has 2 nitrogen and oxygen atoms in total. The number of aromatic nitrogens is 1. The number of rotatable bonds is 3. The number of hydrogen-bond acceptors (Lipinski definition) is 0. The van der Waals surface area contributed by atoms with Crippen molar-refractivity contribution >= 4 is 45.8 Å². The van der Waals surface area contributed by atoms with Crippen LogP contribution in [0.4, 0.5) is 8.63 Å². The third kappa shape index (κ3) is 2.69. The first kappa shape index (κ1) is 21.6. The van der Waals surface area contributed by atoms with E-state index >= 15 is 8.63 Å². The number of benzene rings is 1. The van der Waals surface area contributed by atoms with Gasteiger partial charge in [-0.15, -0.1) is 0 Å². The summed E-state index contributed by atoms with van der Waals surface area (Å²) in [7, 11) is 0. The van der Waals surface area contributed by atoms with Crippen molar-refractivity contribution in [3.05, 3.63) is 72.6 Å². The van der Waals surface area contributed by atoms with E-state index < -0.39 is 6.97 Å². The van der Waals surface area contributed by atoms with Gasteiger partial charge in [-0.1, -0.05) is 41.4 Å². The molecular weight excluding hydrogens is 468 g/mol. The molecule has 0 unspecified atom stereocenters. The molecule has 0 aliphatic carbocycles. The number of hydrogen-bond donors (Lipinski definition) is 0. The third-order valence-electron chi connectivity index (χ3n) is 6.69. The Morgan fingerprint density at radius 1 is 1.10 bits per heavy atom. The fraction of sp³-hybridized carbons (Fsp3) is 0.348. The van der Waals surface area contributed by atoms with E-state index in [1.165, 1.54) is 8.96 Å². The van der Waals surface area contributed by atoms with Crippen molar-refractivity contribution < 1.29 is 13.1 Å². The zero-order valence-electron chi connectivity index (χ0n) is 18.1. The molecule has 0 radical (unpaired) electrons. The van der Waals surface area contributed by atoms with E-state index in [0.29, 0.717) is 40.7 Å². The van der Waals surface area contributed by atoms with Crippen molar-refractivity contribution in [1.82, 2.24) is 4.48 Å². The average Bonchev–Trinajstić information content (AvgIpc) is 3.09. The highest BCUT2D eigenvalue weighted by Crippen LogP contribution is 2.48. The van der Waals surface area contributed by atoms with Gasteiger partial charge >= 0.3 is 6.97 Å². The average molecular weight is 494 g/mol. The Labute approximate surface area is 190 Å². The van der Waals surface area contributed by atoms with E-state index in [1.807, 2.05) is 59.7 Å². The van der Waals surface area contributed by atoms with Gasteiger partial charge in [0.05, 0.1) is 5.57 Å². The Kier molecular flexibility index (Phi) is 5.18. The normalized spacial score (nSPS) is 17.8. The minimum absolute atomic E-state index is 0.552. The minimum atomic E-state index is -4.02. The zero-order chi connectivity index (χ0) is 22.1. The van der Waals surface area contributed by atoms with Gasteiger partial charge < -0.3 is 17.6 Å². The molecule has 2 aliphatic rings. The largest absolute Gasteiger partial charge is 0.737 e. The monoisotopic (exact) mass is 492 g/mol. The van der Waals surface area contributed by atoms with Gasteiger partial charge in [-0.25, -0.2) is 0 Å². The van der Waals surface area contributed by atoms with E-state index in [0.717, 1.165) is 37.9 Å². The number of nitrogens with zero attached hydrogens (tertiary/aromatic N) is 2. The summed E-state index contributed by atoms with van der Waals surface area (Å²) in [6.07, 6.45) is 1.41. The fourth-order valence-electron chi connectivity index (χ4n) is 5.42. The summed E-state index contributed by atoms with van der Waals surface area (Å²) in [5.41, 5.74) is 7.77. The van der Waals surface area contributed by atoms with Crippen molar-refractivity contribution in [3.8, 4) is 0 Å². The Balaban J connectivity index is 2.27. The first-order valence-corrected chi connectivity index (χ1v) is 11.5. The summed E-state index contributed by atoms with van der Waals surface area (Å²) >= 11 is 10.2. The van der Waals surface area contributed by atoms with E-state index in [4.69, 9.17) is 11.6 Å². The van der Waals surface area contributed by atoms with Crippen molar-refractivity contribution in [2.75, 3.05) is 0 Å². The summed E-state index contributed by atoms with van der Waals surface area (Å²) in [5.74, 6) is 0. The van der Waals surface area contributed by atoms with Crippen LogP contribution in [-0.2, 0) is 6.42 Å². The predicted octanol–water partition coefficient (Wildman–Crippen LogP) is 7.29. The standard InChI is InChI=1S/C23H25BBrClF2N2/c1-7-17-12(3)22-21(19-11-16(25)9-10-20(19)26)23-13(4)18(8-2)15(6)30(23)24(27,28)29(22)14(17)5/h9-11H,7-8H2,1-6H3. The number of allylic oxidation sites excluding steroid dienone is 2. The van der Waals surface area contributed by atoms with Crippen LogP contribution in [0.1, 0.15) is 62.2 Å². The molecule has 30 heavy (non-hydrogen) atoms. The molecule has 0 saturated heterocycles. The molecule has 0 amide bonds. The van der Waals surface area contributed by atoms with Gasteiger partial charge in [0.15, 0.2) is 5.70 Å². The smallest absolute Gasteiger partial charge is 0.393 e. The number of fused-ring (bicyclic) bond motifs is 2. The molecule has 4 rings (SSSR count). The molecule has 0 fully saturated rings. The lowest BCUT2D eigenvalue weighted by Crippen LogP contribution is -2.51. The van der Waals surface area contributed by atoms with Crippen molar-refractivity contribution in [1.29, 1.82) is 0 Å². The van der Waals surface area contributed by atoms with Crippen LogP contribution in [0.25, 0.3) is 5.57 Å². The number of halogens is 4. The summed E-state index contributed by atoms with van der Waals surface area (Å²) < 4.78 is 35.8. The molecule has 7 heteroatoms. The Hall–Kier alpha value is -1.66. The van der Waals surface area contributed by atoms with E-state index in [9.17, 15) is 0 Å². The molecule has 0 N–H and O–H groups in total. The summed E-state index contributed by atoms with van der Waals surface area (Å²) in [6, 6.07) is 5.62. The van der Waals surface area contributed by atoms with Gasteiger partial charge in [-0.2, -0.15) is 0 Å². The van der Waals surface area contributed by atoms with Crippen molar-refractivity contribution in [2.24, 2.45) is 0 Å². The molecule has 0 spiro atoms. The van der Waals surface area contributed by atoms with Crippen LogP contribution < -0.4 is 0 Å². The van der Waals surface area contributed by atoms with Gasteiger partial charge in [0.2, 0.25) is 0 Å². The van der Waals surface area contributed by atoms with Crippen LogP contribution >= 0.6 is 27.5 Å². The highest BCUT2D eigenvalue weighted by Gasteiger charge is 2.56. The molecule has 1 aromatic carbocycles. The Morgan fingerprint density at radius 2 is 1.77 bits per heavy atom. The summed E-state index contributed by atoms with van der Waals surface area (Å²) in [4.78, 5) is 0. The van der Waals surface area contributed by atoms with Crippen LogP contribution in [0, 0.1) is 13.8 Å². The van der Waals surface area contributed by atoms with Crippen LogP contribution in [-0.4, -0.2) is 21.6 Å². The maximum atomic E-state index is 16.2. The molecule has 2 aromatic rings. The van der Waals surface area contributed by atoms with E-state index in [2.05, 4.69) is 15.9 Å². The van der Waals surface area contributed by atoms with Crippen LogP contribution in [0.5, 0.6) is 0 Å². The fourth-order valence-corrected chi connectivity index (χ4v) is 6.00. The van der Waals surface area contributed by atoms with Crippen LogP contribution in [0.3, 0.4) is 0 Å². The summed E-state index contributed by atoms with van der Waals surface area (Å²) in [6.45, 7) is 7.54. The molecule has 3 heterocycles. The Morgan fingerprint density at radius 3 is 2.37 bits per heavy atom. The quantitative estimate of drug-likeness (QED) is 0.397. The SMILES string of the molecule is CCC1=C(C)C2=C(c3cc(Br)ccc3Cl)c3c(C)c(CC)c(C)n3[B-](F)(F)[N+]2=C1C. The maximum absolute atomic E-state index is 16.2. The molecular formula is C23H25BBrClF2N2. The minimum Gasteiger partial charge on any atom is -0.393 e. The Bertz CT molecular complexity index is 1200.